The Morgan fingerprint density at radius 1 is 1.19 bits per heavy atom. The Morgan fingerprint density at radius 2 is 1.89 bits per heavy atom. The Morgan fingerprint density at radius 3 is 2.52 bits per heavy atom. The molecule has 0 aromatic carbocycles. The van der Waals surface area contributed by atoms with Gasteiger partial charge in [-0.2, -0.15) is 0 Å². The summed E-state index contributed by atoms with van der Waals surface area (Å²) in [5.41, 5.74) is 16.1. The molecule has 1 aliphatic heterocycles. The maximum absolute atomic E-state index is 12.3. The molecule has 0 bridgehead atoms. The van der Waals surface area contributed by atoms with Crippen molar-refractivity contribution in [3.63, 3.8) is 0 Å². The van der Waals surface area contributed by atoms with Crippen LogP contribution < -0.4 is 27.8 Å². The van der Waals surface area contributed by atoms with Crippen molar-refractivity contribution < 1.29 is 24.3 Å². The number of carboxylic acids is 1. The van der Waals surface area contributed by atoms with Crippen molar-refractivity contribution in [3.05, 3.63) is 0 Å². The van der Waals surface area contributed by atoms with Crippen LogP contribution in [0.15, 0.2) is 4.99 Å². The number of guanidine groups is 1. The second-order valence-electron chi connectivity index (χ2n) is 6.13. The van der Waals surface area contributed by atoms with Gasteiger partial charge in [0, 0.05) is 13.1 Å². The van der Waals surface area contributed by atoms with Crippen molar-refractivity contribution >= 4 is 29.7 Å². The summed E-state index contributed by atoms with van der Waals surface area (Å²) in [6.45, 7) is -0.0838. The Balaban J connectivity index is 2.41. The minimum atomic E-state index is -1.17. The number of nitrogens with zero attached hydrogens (tertiary/aromatic N) is 2. The van der Waals surface area contributed by atoms with Crippen LogP contribution in [-0.4, -0.2) is 77.9 Å². The van der Waals surface area contributed by atoms with E-state index in [9.17, 15) is 19.2 Å². The third-order valence-electron chi connectivity index (χ3n) is 4.01. The van der Waals surface area contributed by atoms with Gasteiger partial charge in [0.25, 0.3) is 0 Å². The molecular weight excluding hydrogens is 358 g/mol. The van der Waals surface area contributed by atoms with Gasteiger partial charge in [-0.3, -0.25) is 24.2 Å². The smallest absolute Gasteiger partial charge is 0.322 e. The summed E-state index contributed by atoms with van der Waals surface area (Å²) in [4.78, 5) is 51.9. The van der Waals surface area contributed by atoms with Crippen LogP contribution in [0.5, 0.6) is 0 Å². The molecule has 0 radical (unpaired) electrons. The lowest BCUT2D eigenvalue weighted by atomic mass is 10.1. The summed E-state index contributed by atoms with van der Waals surface area (Å²) >= 11 is 0. The van der Waals surface area contributed by atoms with Gasteiger partial charge in [-0.15, -0.1) is 0 Å². The molecule has 2 unspecified atom stereocenters. The molecule has 0 aromatic heterocycles. The van der Waals surface area contributed by atoms with Crippen molar-refractivity contribution in [2.75, 3.05) is 26.2 Å². The molecule has 3 amide bonds. The highest BCUT2D eigenvalue weighted by molar-refractivity contribution is 5.92. The molecule has 1 saturated heterocycles. The Kier molecular flexibility index (Phi) is 8.99. The zero-order chi connectivity index (χ0) is 20.4. The fraction of sp³-hybridized carbons (Fsp3) is 0.667. The summed E-state index contributed by atoms with van der Waals surface area (Å²) in [6, 6.07) is -1.54. The predicted octanol–water partition coefficient (Wildman–Crippen LogP) is -3.32. The first-order valence-corrected chi connectivity index (χ1v) is 8.60. The molecule has 27 heavy (non-hydrogen) atoms. The van der Waals surface area contributed by atoms with Crippen LogP contribution in [0.1, 0.15) is 25.7 Å². The molecule has 2 atom stereocenters. The molecule has 1 heterocycles. The van der Waals surface area contributed by atoms with Crippen LogP contribution in [0.25, 0.3) is 0 Å². The number of hydrogen-bond donors (Lipinski definition) is 6. The molecule has 9 N–H and O–H groups in total. The van der Waals surface area contributed by atoms with Crippen molar-refractivity contribution in [2.45, 2.75) is 37.8 Å². The Bertz CT molecular complexity index is 591. The average Bonchev–Trinajstić information content (AvgIpc) is 3.10. The fourth-order valence-electron chi connectivity index (χ4n) is 2.66. The van der Waals surface area contributed by atoms with E-state index in [-0.39, 0.29) is 12.5 Å². The zero-order valence-electron chi connectivity index (χ0n) is 15.0. The average molecular weight is 385 g/mol. The molecule has 1 aliphatic rings. The van der Waals surface area contributed by atoms with E-state index in [0.717, 1.165) is 0 Å². The van der Waals surface area contributed by atoms with Gasteiger partial charge in [0.15, 0.2) is 5.96 Å². The number of carbonyl (C=O) groups excluding carboxylic acids is 3. The lowest BCUT2D eigenvalue weighted by Crippen LogP contribution is -2.51. The van der Waals surface area contributed by atoms with E-state index in [2.05, 4.69) is 15.6 Å². The number of rotatable bonds is 10. The van der Waals surface area contributed by atoms with E-state index in [1.54, 1.807) is 0 Å². The summed E-state index contributed by atoms with van der Waals surface area (Å²) < 4.78 is 0. The van der Waals surface area contributed by atoms with Crippen LogP contribution in [-0.2, 0) is 19.2 Å². The van der Waals surface area contributed by atoms with Gasteiger partial charge < -0.3 is 37.8 Å². The Labute approximate surface area is 156 Å². The highest BCUT2D eigenvalue weighted by Crippen LogP contribution is 2.17. The van der Waals surface area contributed by atoms with E-state index >= 15 is 0 Å². The van der Waals surface area contributed by atoms with E-state index in [0.29, 0.717) is 38.8 Å². The lowest BCUT2D eigenvalue weighted by Gasteiger charge is -2.24. The minimum Gasteiger partial charge on any atom is -0.480 e. The predicted molar refractivity (Wildman–Crippen MR) is 96.3 cm³/mol. The first kappa shape index (κ1) is 22.2. The number of aliphatic carboxylic acids is 1. The topological polar surface area (TPSA) is 206 Å². The molecule has 152 valence electrons. The number of nitrogens with two attached hydrogens (primary N) is 3. The number of aliphatic imine (C=N–C) groups is 1. The molecule has 1 fully saturated rings. The van der Waals surface area contributed by atoms with Gasteiger partial charge in [-0.05, 0) is 25.7 Å². The van der Waals surface area contributed by atoms with Crippen LogP contribution in [0.4, 0.5) is 0 Å². The molecule has 0 aliphatic carbocycles. The third-order valence-corrected chi connectivity index (χ3v) is 4.01. The van der Waals surface area contributed by atoms with Gasteiger partial charge in [-0.25, -0.2) is 0 Å². The SMILES string of the molecule is NC(N)=NCCCC(N)C(=O)NCC(=O)N1CCCC1C(=O)NCC(=O)O. The van der Waals surface area contributed by atoms with Crippen LogP contribution in [0.3, 0.4) is 0 Å². The summed E-state index contributed by atoms with van der Waals surface area (Å²) in [6.07, 6.45) is 1.92. The summed E-state index contributed by atoms with van der Waals surface area (Å²) in [5, 5.41) is 13.3. The summed E-state index contributed by atoms with van der Waals surface area (Å²) in [7, 11) is 0. The number of nitrogens with one attached hydrogen (secondary N) is 2. The molecule has 1 rings (SSSR count). The van der Waals surface area contributed by atoms with E-state index in [1.807, 2.05) is 0 Å². The minimum absolute atomic E-state index is 0.0359. The lowest BCUT2D eigenvalue weighted by molar-refractivity contribution is -0.141. The van der Waals surface area contributed by atoms with E-state index < -0.39 is 42.3 Å². The maximum Gasteiger partial charge on any atom is 0.322 e. The number of carbonyl (C=O) groups is 4. The molecular formula is C15H27N7O5. The third kappa shape index (κ3) is 7.90. The van der Waals surface area contributed by atoms with Gasteiger partial charge in [-0.1, -0.05) is 0 Å². The zero-order valence-corrected chi connectivity index (χ0v) is 15.0. The normalized spacial score (nSPS) is 17.1. The first-order chi connectivity index (χ1) is 12.7. The second kappa shape index (κ2) is 11.0. The van der Waals surface area contributed by atoms with E-state index in [4.69, 9.17) is 22.3 Å². The largest absolute Gasteiger partial charge is 0.480 e. The number of carboxylic acid groups (broad SMARTS) is 1. The summed E-state index contributed by atoms with van der Waals surface area (Å²) in [5.74, 6) is -2.64. The molecule has 12 nitrogen and oxygen atoms in total. The standard InChI is InChI=1S/C15H27N7O5/c16-9(3-1-5-19-15(17)18)13(26)20-7-11(23)22-6-2-4-10(22)14(27)21-8-12(24)25/h9-10H,1-8,16H2,(H,20,26)(H,21,27)(H,24,25)(H4,17,18,19). The number of likely N-dealkylation sites (tertiary alicyclic amines) is 1. The van der Waals surface area contributed by atoms with E-state index in [1.165, 1.54) is 4.90 Å². The molecule has 12 heteroatoms. The van der Waals surface area contributed by atoms with Gasteiger partial charge in [0.2, 0.25) is 17.7 Å². The van der Waals surface area contributed by atoms with Crippen LogP contribution in [0, 0.1) is 0 Å². The monoisotopic (exact) mass is 385 g/mol. The van der Waals surface area contributed by atoms with Crippen LogP contribution >= 0.6 is 0 Å². The van der Waals surface area contributed by atoms with Crippen molar-refractivity contribution in [1.82, 2.24) is 15.5 Å². The maximum atomic E-state index is 12.3. The van der Waals surface area contributed by atoms with Crippen molar-refractivity contribution in [1.29, 1.82) is 0 Å². The van der Waals surface area contributed by atoms with Crippen molar-refractivity contribution in [3.8, 4) is 0 Å². The van der Waals surface area contributed by atoms with Gasteiger partial charge >= 0.3 is 5.97 Å². The quantitative estimate of drug-likeness (QED) is 0.127. The van der Waals surface area contributed by atoms with Gasteiger partial charge in [0.1, 0.15) is 12.6 Å². The number of amides is 3. The Hall–Kier alpha value is -2.89. The second-order valence-corrected chi connectivity index (χ2v) is 6.13. The highest BCUT2D eigenvalue weighted by Gasteiger charge is 2.34. The molecule has 0 aromatic rings. The fourth-order valence-corrected chi connectivity index (χ4v) is 2.66. The van der Waals surface area contributed by atoms with Crippen molar-refractivity contribution in [2.24, 2.45) is 22.2 Å². The van der Waals surface area contributed by atoms with Crippen LogP contribution in [0.2, 0.25) is 0 Å². The van der Waals surface area contributed by atoms with Gasteiger partial charge in [0.05, 0.1) is 12.6 Å². The number of hydrogen-bond acceptors (Lipinski definition) is 6. The molecule has 0 saturated carbocycles. The molecule has 0 spiro atoms. The highest BCUT2D eigenvalue weighted by atomic mass is 16.4. The first-order valence-electron chi connectivity index (χ1n) is 8.60.